The Balaban J connectivity index is 3.75. The Labute approximate surface area is 78.5 Å². The topological polar surface area (TPSA) is 9.23 Å². The molecule has 0 aromatic rings. The molecule has 0 saturated carbocycles. The van der Waals surface area contributed by atoms with E-state index in [9.17, 15) is 0 Å². The standard InChI is InChI=1S/C10H22OSi/c1-6-8-9-12(7-2)11-10(3,4)5/h7,12H,2,6,8-9H2,1,3-5H3. The third-order valence-corrected chi connectivity index (χ3v) is 4.12. The fourth-order valence-corrected chi connectivity index (χ4v) is 3.25. The molecule has 0 radical (unpaired) electrons. The van der Waals surface area contributed by atoms with E-state index in [0.717, 1.165) is 0 Å². The van der Waals surface area contributed by atoms with Crippen molar-refractivity contribution in [3.05, 3.63) is 12.3 Å². The number of unbranched alkanes of at least 4 members (excludes halogenated alkanes) is 1. The zero-order valence-electron chi connectivity index (χ0n) is 8.89. The summed E-state index contributed by atoms with van der Waals surface area (Å²) in [5.74, 6) is 0. The molecule has 0 rings (SSSR count). The van der Waals surface area contributed by atoms with Crippen molar-refractivity contribution in [2.24, 2.45) is 0 Å². The Hall–Kier alpha value is -0.0831. The largest absolute Gasteiger partial charge is 0.411 e. The molecule has 0 aliphatic heterocycles. The fourth-order valence-electron chi connectivity index (χ4n) is 1.08. The maximum absolute atomic E-state index is 5.91. The zero-order chi connectivity index (χ0) is 9.61. The van der Waals surface area contributed by atoms with E-state index >= 15 is 0 Å². The van der Waals surface area contributed by atoms with Crippen molar-refractivity contribution in [2.45, 2.75) is 52.2 Å². The minimum atomic E-state index is -1.09. The molecule has 1 nitrogen and oxygen atoms in total. The molecule has 0 N–H and O–H groups in total. The first-order valence-electron chi connectivity index (χ1n) is 4.80. The van der Waals surface area contributed by atoms with E-state index < -0.39 is 9.04 Å². The second kappa shape index (κ2) is 5.54. The van der Waals surface area contributed by atoms with Gasteiger partial charge in [0.1, 0.15) is 0 Å². The normalized spacial score (nSPS) is 14.3. The van der Waals surface area contributed by atoms with Crippen LogP contribution < -0.4 is 0 Å². The summed E-state index contributed by atoms with van der Waals surface area (Å²) in [6.07, 6.45) is 2.53. The number of hydrogen-bond acceptors (Lipinski definition) is 1. The quantitative estimate of drug-likeness (QED) is 0.600. The molecule has 0 bridgehead atoms. The highest BCUT2D eigenvalue weighted by atomic mass is 28.3. The van der Waals surface area contributed by atoms with Gasteiger partial charge in [0.15, 0.2) is 0 Å². The summed E-state index contributed by atoms with van der Waals surface area (Å²) in [7, 11) is -1.09. The van der Waals surface area contributed by atoms with Crippen LogP contribution in [0.4, 0.5) is 0 Å². The minimum Gasteiger partial charge on any atom is -0.411 e. The maximum atomic E-state index is 5.91. The highest BCUT2D eigenvalue weighted by molar-refractivity contribution is 6.57. The molecule has 1 unspecified atom stereocenters. The van der Waals surface area contributed by atoms with E-state index in [4.69, 9.17) is 4.43 Å². The van der Waals surface area contributed by atoms with Crippen LogP contribution in [-0.4, -0.2) is 14.6 Å². The van der Waals surface area contributed by atoms with Crippen molar-refractivity contribution in [3.63, 3.8) is 0 Å². The molecular weight excluding hydrogens is 164 g/mol. The molecule has 12 heavy (non-hydrogen) atoms. The summed E-state index contributed by atoms with van der Waals surface area (Å²) in [6.45, 7) is 12.4. The van der Waals surface area contributed by atoms with Crippen LogP contribution in [0.15, 0.2) is 12.3 Å². The molecule has 0 saturated heterocycles. The van der Waals surface area contributed by atoms with Gasteiger partial charge in [-0.15, -0.1) is 6.58 Å². The predicted octanol–water partition coefficient (Wildman–Crippen LogP) is 3.05. The van der Waals surface area contributed by atoms with Crippen LogP contribution in [-0.2, 0) is 4.43 Å². The van der Waals surface area contributed by atoms with Gasteiger partial charge < -0.3 is 4.43 Å². The lowest BCUT2D eigenvalue weighted by Crippen LogP contribution is -2.29. The van der Waals surface area contributed by atoms with Gasteiger partial charge in [0.05, 0.1) is 0 Å². The lowest BCUT2D eigenvalue weighted by molar-refractivity contribution is 0.131. The second-order valence-electron chi connectivity index (χ2n) is 4.15. The molecule has 2 heteroatoms. The van der Waals surface area contributed by atoms with Crippen LogP contribution in [0.1, 0.15) is 40.5 Å². The summed E-state index contributed by atoms with van der Waals surface area (Å²) >= 11 is 0. The summed E-state index contributed by atoms with van der Waals surface area (Å²) < 4.78 is 5.91. The van der Waals surface area contributed by atoms with E-state index in [1.54, 1.807) is 0 Å². The van der Waals surface area contributed by atoms with Crippen LogP contribution in [0.5, 0.6) is 0 Å². The molecule has 0 aliphatic carbocycles. The Morgan fingerprint density at radius 1 is 1.42 bits per heavy atom. The van der Waals surface area contributed by atoms with E-state index in [2.05, 4.69) is 34.3 Å². The first-order valence-corrected chi connectivity index (χ1v) is 6.75. The molecule has 1 atom stereocenters. The van der Waals surface area contributed by atoms with E-state index in [1.807, 2.05) is 5.70 Å². The van der Waals surface area contributed by atoms with Crippen molar-refractivity contribution in [3.8, 4) is 0 Å². The van der Waals surface area contributed by atoms with Gasteiger partial charge in [-0.3, -0.25) is 0 Å². The van der Waals surface area contributed by atoms with Gasteiger partial charge in [0.25, 0.3) is 0 Å². The minimum absolute atomic E-state index is 0.0127. The third-order valence-electron chi connectivity index (χ3n) is 1.61. The summed E-state index contributed by atoms with van der Waals surface area (Å²) in [6, 6.07) is 1.23. The SMILES string of the molecule is C=C[SiH](CCCC)OC(C)(C)C. The van der Waals surface area contributed by atoms with Crippen molar-refractivity contribution in [1.29, 1.82) is 0 Å². The molecule has 0 heterocycles. The molecule has 0 amide bonds. The van der Waals surface area contributed by atoms with Crippen molar-refractivity contribution in [2.75, 3.05) is 0 Å². The lowest BCUT2D eigenvalue weighted by atomic mass is 10.2. The van der Waals surface area contributed by atoms with Gasteiger partial charge in [0.2, 0.25) is 9.04 Å². The average molecular weight is 186 g/mol. The van der Waals surface area contributed by atoms with Gasteiger partial charge in [-0.05, 0) is 26.8 Å². The number of rotatable bonds is 5. The molecule has 72 valence electrons. The third kappa shape index (κ3) is 6.62. The molecule has 0 spiro atoms. The predicted molar refractivity (Wildman–Crippen MR) is 57.9 cm³/mol. The first-order chi connectivity index (χ1) is 5.49. The summed E-state index contributed by atoms with van der Waals surface area (Å²) in [5, 5.41) is 0. The maximum Gasteiger partial charge on any atom is 0.201 e. The van der Waals surface area contributed by atoms with Crippen LogP contribution in [0.25, 0.3) is 0 Å². The Morgan fingerprint density at radius 2 is 2.00 bits per heavy atom. The van der Waals surface area contributed by atoms with Crippen LogP contribution in [0, 0.1) is 0 Å². The van der Waals surface area contributed by atoms with Gasteiger partial charge in [0, 0.05) is 5.60 Å². The molecular formula is C10H22OSi. The number of hydrogen-bond donors (Lipinski definition) is 0. The Bertz CT molecular complexity index is 126. The van der Waals surface area contributed by atoms with Crippen molar-refractivity contribution >= 4 is 9.04 Å². The fraction of sp³-hybridized carbons (Fsp3) is 0.800. The Morgan fingerprint density at radius 3 is 2.33 bits per heavy atom. The van der Waals surface area contributed by atoms with Crippen molar-refractivity contribution in [1.82, 2.24) is 0 Å². The van der Waals surface area contributed by atoms with Crippen molar-refractivity contribution < 1.29 is 4.43 Å². The van der Waals surface area contributed by atoms with Crippen LogP contribution in [0.2, 0.25) is 6.04 Å². The van der Waals surface area contributed by atoms with Crippen LogP contribution in [0.3, 0.4) is 0 Å². The Kier molecular flexibility index (Phi) is 5.50. The zero-order valence-corrected chi connectivity index (χ0v) is 10.0. The van der Waals surface area contributed by atoms with Crippen LogP contribution >= 0.6 is 0 Å². The second-order valence-corrected chi connectivity index (χ2v) is 6.51. The summed E-state index contributed by atoms with van der Waals surface area (Å²) in [4.78, 5) is 0. The first kappa shape index (κ1) is 11.9. The van der Waals surface area contributed by atoms with E-state index in [-0.39, 0.29) is 5.60 Å². The molecule has 0 fully saturated rings. The highest BCUT2D eigenvalue weighted by Gasteiger charge is 2.16. The average Bonchev–Trinajstić information content (AvgIpc) is 1.95. The van der Waals surface area contributed by atoms with Gasteiger partial charge >= 0.3 is 0 Å². The highest BCUT2D eigenvalue weighted by Crippen LogP contribution is 2.13. The van der Waals surface area contributed by atoms with Gasteiger partial charge in [-0.25, -0.2) is 0 Å². The smallest absolute Gasteiger partial charge is 0.201 e. The van der Waals surface area contributed by atoms with E-state index in [0.29, 0.717) is 0 Å². The summed E-state index contributed by atoms with van der Waals surface area (Å²) in [5.41, 5.74) is 2.06. The van der Waals surface area contributed by atoms with E-state index in [1.165, 1.54) is 18.9 Å². The lowest BCUT2D eigenvalue weighted by Gasteiger charge is -2.25. The molecule has 0 aromatic heterocycles. The molecule has 0 aromatic carbocycles. The van der Waals surface area contributed by atoms with Gasteiger partial charge in [-0.2, -0.15) is 0 Å². The monoisotopic (exact) mass is 186 g/mol. The molecule has 0 aliphatic rings. The van der Waals surface area contributed by atoms with Gasteiger partial charge in [-0.1, -0.05) is 25.5 Å².